The Morgan fingerprint density at radius 1 is 1.29 bits per heavy atom. The summed E-state index contributed by atoms with van der Waals surface area (Å²) in [5.74, 6) is -2.16. The molecule has 0 aliphatic carbocycles. The van der Waals surface area contributed by atoms with Crippen molar-refractivity contribution in [3.05, 3.63) is 32.6 Å². The zero-order valence-electron chi connectivity index (χ0n) is 9.72. The first-order valence-corrected chi connectivity index (χ1v) is 4.88. The van der Waals surface area contributed by atoms with Crippen LogP contribution in [-0.4, -0.2) is 27.5 Å². The van der Waals surface area contributed by atoms with Gasteiger partial charge in [-0.25, -0.2) is 9.59 Å². The van der Waals surface area contributed by atoms with E-state index in [1.807, 2.05) is 0 Å². The highest BCUT2D eigenvalue weighted by Gasteiger charge is 2.22. The van der Waals surface area contributed by atoms with E-state index in [0.29, 0.717) is 0 Å². The molecular weight excluding hydrogens is 228 g/mol. The molecule has 1 rings (SSSR count). The number of ketones is 1. The zero-order chi connectivity index (χ0) is 13.2. The van der Waals surface area contributed by atoms with Crippen LogP contribution in [0.5, 0.6) is 0 Å². The number of hydrogen-bond acceptors (Lipinski definition) is 5. The van der Waals surface area contributed by atoms with Gasteiger partial charge >= 0.3 is 11.7 Å². The zero-order valence-corrected chi connectivity index (χ0v) is 9.72. The van der Waals surface area contributed by atoms with Crippen LogP contribution in [0.2, 0.25) is 0 Å². The van der Waals surface area contributed by atoms with Crippen LogP contribution in [0.25, 0.3) is 0 Å². The molecule has 1 aromatic rings. The second-order valence-corrected chi connectivity index (χ2v) is 3.35. The Kier molecular flexibility index (Phi) is 3.62. The minimum Gasteiger partial charge on any atom is -0.460 e. The lowest BCUT2D eigenvalue weighted by Gasteiger charge is -2.05. The molecular formula is C10H12N2O5. The summed E-state index contributed by atoms with van der Waals surface area (Å²) in [4.78, 5) is 45.7. The highest BCUT2D eigenvalue weighted by atomic mass is 16.5. The van der Waals surface area contributed by atoms with E-state index < -0.39 is 23.0 Å². The van der Waals surface area contributed by atoms with E-state index in [0.717, 1.165) is 15.3 Å². The molecule has 0 fully saturated rings. The Morgan fingerprint density at radius 3 is 2.41 bits per heavy atom. The van der Waals surface area contributed by atoms with Crippen LogP contribution < -0.4 is 11.2 Å². The van der Waals surface area contributed by atoms with Gasteiger partial charge in [-0.2, -0.15) is 0 Å². The number of aromatic nitrogens is 2. The fourth-order valence-electron chi connectivity index (χ4n) is 1.27. The van der Waals surface area contributed by atoms with Gasteiger partial charge in [-0.05, 0) is 6.92 Å². The number of rotatable bonds is 3. The molecule has 0 aliphatic heterocycles. The molecule has 0 saturated carbocycles. The van der Waals surface area contributed by atoms with Gasteiger partial charge < -0.3 is 9.30 Å². The molecule has 92 valence electrons. The van der Waals surface area contributed by atoms with Crippen LogP contribution in [0.3, 0.4) is 0 Å². The van der Waals surface area contributed by atoms with Crippen LogP contribution in [0.1, 0.15) is 17.3 Å². The van der Waals surface area contributed by atoms with Gasteiger partial charge in [0, 0.05) is 20.3 Å². The lowest BCUT2D eigenvalue weighted by Crippen LogP contribution is -2.40. The van der Waals surface area contributed by atoms with Crippen LogP contribution in [0, 0.1) is 0 Å². The molecule has 7 nitrogen and oxygen atoms in total. The molecule has 7 heteroatoms. The monoisotopic (exact) mass is 240 g/mol. The first kappa shape index (κ1) is 12.9. The average Bonchev–Trinajstić information content (AvgIpc) is 2.30. The molecule has 0 bridgehead atoms. The standard InChI is InChI=1S/C10H12N2O5/c1-4-17-9(15)7(13)6-5-11(2)10(16)12(3)8(6)14/h5H,4H2,1-3H3. The van der Waals surface area contributed by atoms with Crippen molar-refractivity contribution >= 4 is 11.8 Å². The third kappa shape index (κ3) is 2.32. The van der Waals surface area contributed by atoms with E-state index >= 15 is 0 Å². The molecule has 0 spiro atoms. The smallest absolute Gasteiger partial charge is 0.379 e. The van der Waals surface area contributed by atoms with Gasteiger partial charge in [-0.1, -0.05) is 0 Å². The molecule has 0 saturated heterocycles. The molecule has 1 aromatic heterocycles. The van der Waals surface area contributed by atoms with E-state index in [2.05, 4.69) is 4.74 Å². The molecule has 0 aromatic carbocycles. The van der Waals surface area contributed by atoms with E-state index in [4.69, 9.17) is 0 Å². The summed E-state index contributed by atoms with van der Waals surface area (Å²) in [5, 5.41) is 0. The normalized spacial score (nSPS) is 10.1. The van der Waals surface area contributed by atoms with Gasteiger partial charge in [-0.15, -0.1) is 0 Å². The van der Waals surface area contributed by atoms with Crippen molar-refractivity contribution in [3.8, 4) is 0 Å². The first-order valence-electron chi connectivity index (χ1n) is 4.88. The molecule has 0 unspecified atom stereocenters. The Bertz CT molecular complexity index is 581. The number of esters is 1. The summed E-state index contributed by atoms with van der Waals surface area (Å²) >= 11 is 0. The lowest BCUT2D eigenvalue weighted by atomic mass is 10.2. The van der Waals surface area contributed by atoms with Gasteiger partial charge in [0.1, 0.15) is 5.56 Å². The Morgan fingerprint density at radius 2 is 1.88 bits per heavy atom. The number of ether oxygens (including phenoxy) is 1. The van der Waals surface area contributed by atoms with E-state index in [-0.39, 0.29) is 12.2 Å². The summed E-state index contributed by atoms with van der Waals surface area (Å²) in [5.41, 5.74) is -1.77. The van der Waals surface area contributed by atoms with E-state index in [9.17, 15) is 19.2 Å². The predicted molar refractivity (Wildman–Crippen MR) is 57.9 cm³/mol. The first-order chi connectivity index (χ1) is 7.90. The van der Waals surface area contributed by atoms with Crippen molar-refractivity contribution in [3.63, 3.8) is 0 Å². The van der Waals surface area contributed by atoms with Crippen LogP contribution in [0.4, 0.5) is 0 Å². The summed E-state index contributed by atoms with van der Waals surface area (Å²) in [6.07, 6.45) is 1.03. The molecule has 0 radical (unpaired) electrons. The Labute approximate surface area is 96.2 Å². The maximum absolute atomic E-state index is 11.6. The molecule has 17 heavy (non-hydrogen) atoms. The molecule has 0 N–H and O–H groups in total. The maximum atomic E-state index is 11.6. The van der Waals surface area contributed by atoms with Crippen molar-refractivity contribution in [1.82, 2.24) is 9.13 Å². The third-order valence-electron chi connectivity index (χ3n) is 2.15. The predicted octanol–water partition coefficient (Wildman–Crippen LogP) is -1.17. The lowest BCUT2D eigenvalue weighted by molar-refractivity contribution is -0.137. The van der Waals surface area contributed by atoms with Crippen LogP contribution in [-0.2, 0) is 23.6 Å². The minimum absolute atomic E-state index is 0.0383. The van der Waals surface area contributed by atoms with E-state index in [1.165, 1.54) is 14.1 Å². The van der Waals surface area contributed by atoms with Crippen molar-refractivity contribution in [1.29, 1.82) is 0 Å². The number of carbonyl (C=O) groups excluding carboxylic acids is 2. The fourth-order valence-corrected chi connectivity index (χ4v) is 1.27. The van der Waals surface area contributed by atoms with Gasteiger partial charge in [0.25, 0.3) is 11.3 Å². The topological polar surface area (TPSA) is 87.4 Å². The second kappa shape index (κ2) is 4.77. The van der Waals surface area contributed by atoms with Crippen molar-refractivity contribution in [2.75, 3.05) is 6.61 Å². The number of carbonyl (C=O) groups is 2. The largest absolute Gasteiger partial charge is 0.460 e. The Balaban J connectivity index is 3.34. The second-order valence-electron chi connectivity index (χ2n) is 3.35. The van der Waals surface area contributed by atoms with Crippen LogP contribution in [0.15, 0.2) is 15.8 Å². The van der Waals surface area contributed by atoms with Gasteiger partial charge in [-0.3, -0.25) is 14.2 Å². The SMILES string of the molecule is CCOC(=O)C(=O)c1cn(C)c(=O)n(C)c1=O. The van der Waals surface area contributed by atoms with Gasteiger partial charge in [0.2, 0.25) is 0 Å². The summed E-state index contributed by atoms with van der Waals surface area (Å²) < 4.78 is 6.30. The highest BCUT2D eigenvalue weighted by Crippen LogP contribution is 1.93. The summed E-state index contributed by atoms with van der Waals surface area (Å²) in [7, 11) is 2.61. The van der Waals surface area contributed by atoms with Crippen molar-refractivity contribution < 1.29 is 14.3 Å². The van der Waals surface area contributed by atoms with Crippen LogP contribution >= 0.6 is 0 Å². The fraction of sp³-hybridized carbons (Fsp3) is 0.400. The average molecular weight is 240 g/mol. The molecule has 0 amide bonds. The molecule has 0 aliphatic rings. The molecule has 1 heterocycles. The number of nitrogens with zero attached hydrogens (tertiary/aromatic N) is 2. The highest BCUT2D eigenvalue weighted by molar-refractivity contribution is 6.40. The number of aryl methyl sites for hydroxylation is 1. The van der Waals surface area contributed by atoms with Gasteiger partial charge in [0.05, 0.1) is 6.61 Å². The summed E-state index contributed by atoms with van der Waals surface area (Å²) in [6.45, 7) is 1.58. The van der Waals surface area contributed by atoms with Crippen molar-refractivity contribution in [2.24, 2.45) is 14.1 Å². The van der Waals surface area contributed by atoms with E-state index in [1.54, 1.807) is 6.92 Å². The number of Topliss-reactive ketones (excluding diaryl/α,β-unsaturated/α-hetero) is 1. The number of hydrogen-bond donors (Lipinski definition) is 0. The quantitative estimate of drug-likeness (QED) is 0.377. The van der Waals surface area contributed by atoms with Crippen molar-refractivity contribution in [2.45, 2.75) is 6.92 Å². The maximum Gasteiger partial charge on any atom is 0.379 e. The summed E-state index contributed by atoms with van der Waals surface area (Å²) in [6, 6.07) is 0. The molecule has 0 atom stereocenters. The Hall–Kier alpha value is -2.18. The minimum atomic E-state index is -1.11. The van der Waals surface area contributed by atoms with Gasteiger partial charge in [0.15, 0.2) is 0 Å². The third-order valence-corrected chi connectivity index (χ3v) is 2.15.